The minimum atomic E-state index is -0.827. The summed E-state index contributed by atoms with van der Waals surface area (Å²) in [4.78, 5) is 13.8. The monoisotopic (exact) mass is 263 g/mol. The summed E-state index contributed by atoms with van der Waals surface area (Å²) in [6.07, 6.45) is 0.610. The van der Waals surface area contributed by atoms with E-state index in [4.69, 9.17) is 0 Å². The summed E-state index contributed by atoms with van der Waals surface area (Å²) in [5, 5.41) is 9.66. The number of carboxylic acids is 1. The van der Waals surface area contributed by atoms with E-state index in [-0.39, 0.29) is 0 Å². The van der Waals surface area contributed by atoms with Crippen molar-refractivity contribution in [2.24, 2.45) is 0 Å². The van der Waals surface area contributed by atoms with Crippen LogP contribution in [-0.2, 0) is 10.2 Å². The molecule has 1 unspecified atom stereocenters. The largest absolute Gasteiger partial charge is 0.481 e. The summed E-state index contributed by atoms with van der Waals surface area (Å²) in [6.45, 7) is 8.68. The van der Waals surface area contributed by atoms with Gasteiger partial charge in [0.1, 0.15) is 0 Å². The van der Waals surface area contributed by atoms with E-state index in [0.29, 0.717) is 6.42 Å². The van der Waals surface area contributed by atoms with Crippen LogP contribution in [0.1, 0.15) is 35.6 Å². The van der Waals surface area contributed by atoms with Gasteiger partial charge in [0, 0.05) is 0 Å². The molecule has 0 aliphatic rings. The average Bonchev–Trinajstić information content (AvgIpc) is 2.30. The Hall–Kier alpha value is -1.35. The van der Waals surface area contributed by atoms with Gasteiger partial charge in [0.2, 0.25) is 0 Å². The van der Waals surface area contributed by atoms with Crippen LogP contribution in [0.5, 0.6) is 0 Å². The molecule has 106 valence electrons. The van der Waals surface area contributed by atoms with Gasteiger partial charge in [-0.15, -0.1) is 0 Å². The summed E-state index contributed by atoms with van der Waals surface area (Å²) < 4.78 is 0. The first-order chi connectivity index (χ1) is 8.68. The SMILES string of the molecule is Cc1cc(C)c(C(C)(CCN(C)C)C(=O)O)cc1C. The quantitative estimate of drug-likeness (QED) is 0.888. The Bertz CT molecular complexity index is 480. The second kappa shape index (κ2) is 5.74. The highest BCUT2D eigenvalue weighted by molar-refractivity contribution is 5.81. The lowest BCUT2D eigenvalue weighted by Crippen LogP contribution is -2.36. The minimum Gasteiger partial charge on any atom is -0.481 e. The van der Waals surface area contributed by atoms with Crippen LogP contribution >= 0.6 is 0 Å². The number of hydrogen-bond acceptors (Lipinski definition) is 2. The molecule has 0 radical (unpaired) electrons. The fourth-order valence-electron chi connectivity index (χ4n) is 2.36. The topological polar surface area (TPSA) is 40.5 Å². The maximum absolute atomic E-state index is 11.8. The minimum absolute atomic E-state index is 0.610. The first-order valence-electron chi connectivity index (χ1n) is 6.65. The molecule has 1 aromatic carbocycles. The summed E-state index contributed by atoms with van der Waals surface area (Å²) in [5.74, 6) is -0.749. The van der Waals surface area contributed by atoms with Crippen LogP contribution in [0.25, 0.3) is 0 Å². The van der Waals surface area contributed by atoms with Gasteiger partial charge in [-0.3, -0.25) is 4.79 Å². The maximum Gasteiger partial charge on any atom is 0.313 e. The Kier molecular flexibility index (Phi) is 4.75. The van der Waals surface area contributed by atoms with Crippen LogP contribution in [0.15, 0.2) is 12.1 Å². The van der Waals surface area contributed by atoms with E-state index in [0.717, 1.165) is 23.2 Å². The Labute approximate surface area is 116 Å². The fourth-order valence-corrected chi connectivity index (χ4v) is 2.36. The molecule has 0 amide bonds. The number of carbonyl (C=O) groups is 1. The molecule has 0 aliphatic heterocycles. The lowest BCUT2D eigenvalue weighted by molar-refractivity contribution is -0.143. The Balaban J connectivity index is 3.26. The van der Waals surface area contributed by atoms with Gasteiger partial charge >= 0.3 is 5.97 Å². The maximum atomic E-state index is 11.8. The van der Waals surface area contributed by atoms with Crippen molar-refractivity contribution < 1.29 is 9.90 Å². The highest BCUT2D eigenvalue weighted by atomic mass is 16.4. The summed E-state index contributed by atoms with van der Waals surface area (Å²) in [7, 11) is 3.94. The third-order valence-corrected chi connectivity index (χ3v) is 3.97. The van der Waals surface area contributed by atoms with E-state index in [1.807, 2.05) is 45.8 Å². The van der Waals surface area contributed by atoms with Gasteiger partial charge in [-0.2, -0.15) is 0 Å². The van der Waals surface area contributed by atoms with Crippen LogP contribution in [0.3, 0.4) is 0 Å². The lowest BCUT2D eigenvalue weighted by atomic mass is 9.76. The molecule has 3 heteroatoms. The molecule has 0 saturated heterocycles. The van der Waals surface area contributed by atoms with Crippen LogP contribution in [0.2, 0.25) is 0 Å². The van der Waals surface area contributed by atoms with Gasteiger partial charge in [-0.05, 0) is 77.0 Å². The Morgan fingerprint density at radius 3 is 2.16 bits per heavy atom. The van der Waals surface area contributed by atoms with Crippen LogP contribution in [-0.4, -0.2) is 36.6 Å². The molecule has 0 spiro atoms. The molecule has 0 bridgehead atoms. The predicted molar refractivity (Wildman–Crippen MR) is 78.8 cm³/mol. The van der Waals surface area contributed by atoms with Gasteiger partial charge in [0.25, 0.3) is 0 Å². The van der Waals surface area contributed by atoms with Crippen molar-refractivity contribution in [1.82, 2.24) is 4.90 Å². The molecule has 0 heterocycles. The summed E-state index contributed by atoms with van der Waals surface area (Å²) in [6, 6.07) is 4.12. The van der Waals surface area contributed by atoms with E-state index in [2.05, 4.69) is 13.0 Å². The van der Waals surface area contributed by atoms with E-state index in [1.165, 1.54) is 5.56 Å². The zero-order chi connectivity index (χ0) is 14.8. The van der Waals surface area contributed by atoms with Crippen molar-refractivity contribution in [3.05, 3.63) is 34.4 Å². The van der Waals surface area contributed by atoms with Crippen molar-refractivity contribution in [2.75, 3.05) is 20.6 Å². The van der Waals surface area contributed by atoms with Gasteiger partial charge in [0.15, 0.2) is 0 Å². The zero-order valence-corrected chi connectivity index (χ0v) is 12.9. The molecular formula is C16H25NO2. The third kappa shape index (κ3) is 3.35. The number of carboxylic acid groups (broad SMARTS) is 1. The summed E-state index contributed by atoms with van der Waals surface area (Å²) >= 11 is 0. The van der Waals surface area contributed by atoms with Crippen molar-refractivity contribution >= 4 is 5.97 Å². The molecule has 1 N–H and O–H groups in total. The van der Waals surface area contributed by atoms with Crippen molar-refractivity contribution in [1.29, 1.82) is 0 Å². The normalized spacial score (nSPS) is 14.5. The van der Waals surface area contributed by atoms with E-state index in [1.54, 1.807) is 0 Å². The van der Waals surface area contributed by atoms with Crippen LogP contribution in [0, 0.1) is 20.8 Å². The smallest absolute Gasteiger partial charge is 0.313 e. The molecule has 0 aromatic heterocycles. The average molecular weight is 263 g/mol. The molecule has 0 fully saturated rings. The highest BCUT2D eigenvalue weighted by Gasteiger charge is 2.36. The van der Waals surface area contributed by atoms with Crippen molar-refractivity contribution in [2.45, 2.75) is 39.5 Å². The summed E-state index contributed by atoms with van der Waals surface area (Å²) in [5.41, 5.74) is 3.53. The molecular weight excluding hydrogens is 238 g/mol. The Morgan fingerprint density at radius 1 is 1.16 bits per heavy atom. The number of hydrogen-bond donors (Lipinski definition) is 1. The van der Waals surface area contributed by atoms with Crippen molar-refractivity contribution in [3.63, 3.8) is 0 Å². The number of benzene rings is 1. The van der Waals surface area contributed by atoms with E-state index in [9.17, 15) is 9.90 Å². The predicted octanol–water partition coefficient (Wildman–Crippen LogP) is 2.91. The molecule has 1 rings (SSSR count). The van der Waals surface area contributed by atoms with E-state index >= 15 is 0 Å². The Morgan fingerprint density at radius 2 is 1.68 bits per heavy atom. The molecule has 3 nitrogen and oxygen atoms in total. The molecule has 1 aromatic rings. The zero-order valence-electron chi connectivity index (χ0n) is 12.9. The molecule has 1 atom stereocenters. The molecule has 0 aliphatic carbocycles. The first-order valence-corrected chi connectivity index (χ1v) is 6.65. The standard InChI is InChI=1S/C16H25NO2/c1-11-9-13(3)14(10-12(11)2)16(4,15(18)19)7-8-17(5)6/h9-10H,7-8H2,1-6H3,(H,18,19). The van der Waals surface area contributed by atoms with Crippen LogP contribution in [0.4, 0.5) is 0 Å². The number of nitrogens with zero attached hydrogens (tertiary/aromatic N) is 1. The lowest BCUT2D eigenvalue weighted by Gasteiger charge is -2.29. The molecule has 19 heavy (non-hydrogen) atoms. The van der Waals surface area contributed by atoms with E-state index < -0.39 is 11.4 Å². The second-order valence-corrected chi connectivity index (χ2v) is 5.94. The molecule has 0 saturated carbocycles. The van der Waals surface area contributed by atoms with Crippen molar-refractivity contribution in [3.8, 4) is 0 Å². The number of aliphatic carboxylic acids is 1. The fraction of sp³-hybridized carbons (Fsp3) is 0.562. The number of rotatable bonds is 5. The van der Waals surface area contributed by atoms with Crippen LogP contribution < -0.4 is 0 Å². The van der Waals surface area contributed by atoms with Gasteiger partial charge in [-0.25, -0.2) is 0 Å². The second-order valence-electron chi connectivity index (χ2n) is 5.94. The van der Waals surface area contributed by atoms with Gasteiger partial charge in [-0.1, -0.05) is 12.1 Å². The third-order valence-electron chi connectivity index (χ3n) is 3.97. The first kappa shape index (κ1) is 15.7. The van der Waals surface area contributed by atoms with Gasteiger partial charge < -0.3 is 10.0 Å². The highest BCUT2D eigenvalue weighted by Crippen LogP contribution is 2.32. The van der Waals surface area contributed by atoms with Gasteiger partial charge in [0.05, 0.1) is 5.41 Å². The number of aryl methyl sites for hydroxylation is 3.